The highest BCUT2D eigenvalue weighted by Gasteiger charge is 2.01. The fraction of sp³-hybridized carbons (Fsp3) is 0.462. The third-order valence-corrected chi connectivity index (χ3v) is 2.56. The molecule has 0 amide bonds. The van der Waals surface area contributed by atoms with Crippen LogP contribution in [0.2, 0.25) is 0 Å². The summed E-state index contributed by atoms with van der Waals surface area (Å²) in [5.41, 5.74) is 3.53. The molecule has 16 heavy (non-hydrogen) atoms. The number of anilines is 1. The summed E-state index contributed by atoms with van der Waals surface area (Å²) in [6.45, 7) is 9.37. The van der Waals surface area contributed by atoms with Crippen molar-refractivity contribution < 1.29 is 0 Å². The highest BCUT2D eigenvalue weighted by Crippen LogP contribution is 2.15. The Morgan fingerprint density at radius 2 is 2.00 bits per heavy atom. The maximum atomic E-state index is 5.24. The van der Waals surface area contributed by atoms with E-state index in [9.17, 15) is 0 Å². The van der Waals surface area contributed by atoms with Crippen LogP contribution in [0.3, 0.4) is 0 Å². The molecule has 0 bridgehead atoms. The monoisotopic (exact) mass is 236 g/mol. The van der Waals surface area contributed by atoms with E-state index >= 15 is 0 Å². The van der Waals surface area contributed by atoms with Gasteiger partial charge >= 0.3 is 0 Å². The Bertz CT molecular complexity index is 372. The molecule has 1 rings (SSSR count). The first-order valence-corrected chi connectivity index (χ1v) is 6.02. The number of benzene rings is 1. The SMILES string of the molecule is Cc1ccc(C)c(NC(=S)NCC(C)C)c1. The van der Waals surface area contributed by atoms with E-state index in [1.165, 1.54) is 11.1 Å². The van der Waals surface area contributed by atoms with Crippen LogP contribution in [0.1, 0.15) is 25.0 Å². The van der Waals surface area contributed by atoms with Gasteiger partial charge in [-0.15, -0.1) is 0 Å². The van der Waals surface area contributed by atoms with E-state index in [1.54, 1.807) is 0 Å². The van der Waals surface area contributed by atoms with Crippen LogP contribution in [-0.2, 0) is 0 Å². The van der Waals surface area contributed by atoms with Crippen molar-refractivity contribution >= 4 is 23.0 Å². The highest BCUT2D eigenvalue weighted by molar-refractivity contribution is 7.80. The van der Waals surface area contributed by atoms with Crippen molar-refractivity contribution in [2.24, 2.45) is 5.92 Å². The second kappa shape index (κ2) is 5.85. The molecule has 0 atom stereocenters. The third kappa shape index (κ3) is 4.19. The molecule has 0 aromatic heterocycles. The van der Waals surface area contributed by atoms with Crippen LogP contribution in [0.4, 0.5) is 5.69 Å². The first kappa shape index (κ1) is 13.0. The van der Waals surface area contributed by atoms with E-state index in [0.717, 1.165) is 12.2 Å². The van der Waals surface area contributed by atoms with Gasteiger partial charge < -0.3 is 10.6 Å². The molecule has 0 aliphatic rings. The van der Waals surface area contributed by atoms with Crippen molar-refractivity contribution in [2.75, 3.05) is 11.9 Å². The molecule has 0 aliphatic heterocycles. The molecule has 1 aromatic carbocycles. The van der Waals surface area contributed by atoms with Crippen molar-refractivity contribution in [2.45, 2.75) is 27.7 Å². The average molecular weight is 236 g/mol. The fourth-order valence-electron chi connectivity index (χ4n) is 1.33. The molecule has 0 saturated heterocycles. The molecule has 0 saturated carbocycles. The molecule has 88 valence electrons. The molecule has 0 unspecified atom stereocenters. The minimum Gasteiger partial charge on any atom is -0.362 e. The molecule has 3 heteroatoms. The van der Waals surface area contributed by atoms with Crippen LogP contribution in [0.15, 0.2) is 18.2 Å². The molecule has 0 aliphatic carbocycles. The van der Waals surface area contributed by atoms with Gasteiger partial charge in [0.25, 0.3) is 0 Å². The van der Waals surface area contributed by atoms with Gasteiger partial charge in [-0.25, -0.2) is 0 Å². The standard InChI is InChI=1S/C13H20N2S/c1-9(2)8-14-13(16)15-12-7-10(3)5-6-11(12)4/h5-7,9H,8H2,1-4H3,(H2,14,15,16). The van der Waals surface area contributed by atoms with E-state index in [2.05, 4.69) is 56.5 Å². The van der Waals surface area contributed by atoms with Crippen LogP contribution in [0.5, 0.6) is 0 Å². The van der Waals surface area contributed by atoms with Crippen molar-refractivity contribution in [1.82, 2.24) is 5.32 Å². The second-order valence-corrected chi connectivity index (χ2v) is 4.96. The lowest BCUT2D eigenvalue weighted by Crippen LogP contribution is -2.31. The van der Waals surface area contributed by atoms with Crippen molar-refractivity contribution in [3.05, 3.63) is 29.3 Å². The Hall–Kier alpha value is -1.09. The number of hydrogen-bond acceptors (Lipinski definition) is 1. The lowest BCUT2D eigenvalue weighted by atomic mass is 10.1. The molecular formula is C13H20N2S. The second-order valence-electron chi connectivity index (χ2n) is 4.55. The van der Waals surface area contributed by atoms with Gasteiger partial charge in [-0.2, -0.15) is 0 Å². The average Bonchev–Trinajstić information content (AvgIpc) is 2.20. The molecule has 2 nitrogen and oxygen atoms in total. The van der Waals surface area contributed by atoms with Crippen molar-refractivity contribution in [1.29, 1.82) is 0 Å². The molecule has 0 spiro atoms. The number of nitrogens with one attached hydrogen (secondary N) is 2. The predicted molar refractivity (Wildman–Crippen MR) is 75.0 cm³/mol. The number of thiocarbonyl (C=S) groups is 1. The molecular weight excluding hydrogens is 216 g/mol. The molecule has 0 radical (unpaired) electrons. The van der Waals surface area contributed by atoms with Crippen LogP contribution in [-0.4, -0.2) is 11.7 Å². The maximum absolute atomic E-state index is 5.24. The summed E-state index contributed by atoms with van der Waals surface area (Å²) in [5.74, 6) is 0.596. The van der Waals surface area contributed by atoms with E-state index in [4.69, 9.17) is 12.2 Å². The Labute approximate surface area is 103 Å². The Morgan fingerprint density at radius 3 is 2.62 bits per heavy atom. The summed E-state index contributed by atoms with van der Waals surface area (Å²) < 4.78 is 0. The summed E-state index contributed by atoms with van der Waals surface area (Å²) in [6.07, 6.45) is 0. The smallest absolute Gasteiger partial charge is 0.170 e. The summed E-state index contributed by atoms with van der Waals surface area (Å²) in [6, 6.07) is 6.31. The number of hydrogen-bond donors (Lipinski definition) is 2. The topological polar surface area (TPSA) is 24.1 Å². The fourth-order valence-corrected chi connectivity index (χ4v) is 1.53. The normalized spacial score (nSPS) is 10.3. The zero-order chi connectivity index (χ0) is 12.1. The van der Waals surface area contributed by atoms with Crippen LogP contribution in [0.25, 0.3) is 0 Å². The van der Waals surface area contributed by atoms with E-state index < -0.39 is 0 Å². The van der Waals surface area contributed by atoms with Gasteiger partial charge in [0.1, 0.15) is 0 Å². The Morgan fingerprint density at radius 1 is 1.31 bits per heavy atom. The van der Waals surface area contributed by atoms with Gasteiger partial charge in [0, 0.05) is 12.2 Å². The third-order valence-electron chi connectivity index (χ3n) is 2.31. The summed E-state index contributed by atoms with van der Waals surface area (Å²) in [4.78, 5) is 0. The lowest BCUT2D eigenvalue weighted by Gasteiger charge is -2.14. The maximum Gasteiger partial charge on any atom is 0.170 e. The quantitative estimate of drug-likeness (QED) is 0.788. The molecule has 2 N–H and O–H groups in total. The number of aryl methyl sites for hydroxylation is 2. The van der Waals surface area contributed by atoms with Crippen LogP contribution >= 0.6 is 12.2 Å². The predicted octanol–water partition coefficient (Wildman–Crippen LogP) is 3.25. The van der Waals surface area contributed by atoms with Gasteiger partial charge in [-0.1, -0.05) is 26.0 Å². The van der Waals surface area contributed by atoms with Gasteiger partial charge in [-0.3, -0.25) is 0 Å². The zero-order valence-corrected chi connectivity index (χ0v) is 11.2. The van der Waals surface area contributed by atoms with Gasteiger partial charge in [-0.05, 0) is 49.2 Å². The van der Waals surface area contributed by atoms with Gasteiger partial charge in [0.05, 0.1) is 0 Å². The first-order valence-electron chi connectivity index (χ1n) is 5.61. The summed E-state index contributed by atoms with van der Waals surface area (Å²) in [5, 5.41) is 7.12. The summed E-state index contributed by atoms with van der Waals surface area (Å²) in [7, 11) is 0. The van der Waals surface area contributed by atoms with E-state index in [0.29, 0.717) is 11.0 Å². The zero-order valence-electron chi connectivity index (χ0n) is 10.4. The van der Waals surface area contributed by atoms with E-state index in [-0.39, 0.29) is 0 Å². The highest BCUT2D eigenvalue weighted by atomic mass is 32.1. The van der Waals surface area contributed by atoms with Gasteiger partial charge in [0.2, 0.25) is 0 Å². The van der Waals surface area contributed by atoms with Crippen LogP contribution in [0, 0.1) is 19.8 Å². The first-order chi connectivity index (χ1) is 7.49. The Kier molecular flexibility index (Phi) is 4.74. The largest absolute Gasteiger partial charge is 0.362 e. The number of rotatable bonds is 3. The molecule has 0 fully saturated rings. The van der Waals surface area contributed by atoms with Gasteiger partial charge in [0.15, 0.2) is 5.11 Å². The molecule has 0 heterocycles. The van der Waals surface area contributed by atoms with Crippen molar-refractivity contribution in [3.8, 4) is 0 Å². The Balaban J connectivity index is 2.59. The molecule has 1 aromatic rings. The summed E-state index contributed by atoms with van der Waals surface area (Å²) >= 11 is 5.24. The minimum absolute atomic E-state index is 0.596. The van der Waals surface area contributed by atoms with Crippen molar-refractivity contribution in [3.63, 3.8) is 0 Å². The minimum atomic E-state index is 0.596. The van der Waals surface area contributed by atoms with Crippen LogP contribution < -0.4 is 10.6 Å². The lowest BCUT2D eigenvalue weighted by molar-refractivity contribution is 0.627. The van der Waals surface area contributed by atoms with E-state index in [1.807, 2.05) is 0 Å².